The highest BCUT2D eigenvalue weighted by molar-refractivity contribution is 7.09. The maximum Gasteiger partial charge on any atom is 0.132 e. The van der Waals surface area contributed by atoms with Crippen molar-refractivity contribution < 1.29 is 0 Å². The van der Waals surface area contributed by atoms with Gasteiger partial charge in [0.05, 0.1) is 6.54 Å². The second-order valence-electron chi connectivity index (χ2n) is 4.60. The number of anilines is 2. The van der Waals surface area contributed by atoms with Crippen LogP contribution in [0.3, 0.4) is 0 Å². The van der Waals surface area contributed by atoms with E-state index < -0.39 is 0 Å². The van der Waals surface area contributed by atoms with Crippen molar-refractivity contribution in [3.8, 4) is 0 Å². The summed E-state index contributed by atoms with van der Waals surface area (Å²) in [5.74, 6) is 0. The first-order chi connectivity index (χ1) is 9.79. The fraction of sp³-hybridized carbons (Fsp3) is 0.200. The first-order valence-electron chi connectivity index (χ1n) is 6.59. The predicted octanol–water partition coefficient (Wildman–Crippen LogP) is 3.30. The van der Waals surface area contributed by atoms with Crippen LogP contribution in [0.5, 0.6) is 0 Å². The molecule has 0 radical (unpaired) electrons. The quantitative estimate of drug-likeness (QED) is 0.798. The lowest BCUT2D eigenvalue weighted by Gasteiger charge is -2.23. The number of nitrogen functional groups attached to an aromatic ring is 1. The molecule has 0 aliphatic heterocycles. The van der Waals surface area contributed by atoms with Gasteiger partial charge in [0.2, 0.25) is 0 Å². The normalized spacial score (nSPS) is 10.8. The van der Waals surface area contributed by atoms with Crippen molar-refractivity contribution in [2.75, 3.05) is 17.2 Å². The van der Waals surface area contributed by atoms with Gasteiger partial charge in [0.15, 0.2) is 0 Å². The number of benzene rings is 2. The minimum Gasteiger partial charge on any atom is -0.388 e. The van der Waals surface area contributed by atoms with E-state index >= 15 is 0 Å². The van der Waals surface area contributed by atoms with E-state index in [9.17, 15) is 0 Å². The first kappa shape index (κ1) is 12.9. The molecule has 5 heteroatoms. The van der Waals surface area contributed by atoms with Crippen LogP contribution >= 0.6 is 11.5 Å². The van der Waals surface area contributed by atoms with Crippen LogP contribution in [0.1, 0.15) is 12.6 Å². The summed E-state index contributed by atoms with van der Waals surface area (Å²) in [5, 5.41) is 7.30. The summed E-state index contributed by atoms with van der Waals surface area (Å²) in [6, 6.07) is 14.8. The van der Waals surface area contributed by atoms with Crippen LogP contribution in [0.25, 0.3) is 10.8 Å². The van der Waals surface area contributed by atoms with Gasteiger partial charge in [-0.15, -0.1) is 5.10 Å². The molecule has 3 aromatic rings. The molecule has 4 nitrogen and oxygen atoms in total. The third kappa shape index (κ3) is 2.32. The maximum absolute atomic E-state index is 5.90. The van der Waals surface area contributed by atoms with Gasteiger partial charge in [-0.25, -0.2) is 0 Å². The fourth-order valence-electron chi connectivity index (χ4n) is 2.36. The molecule has 0 amide bonds. The second-order valence-corrected chi connectivity index (χ2v) is 5.38. The number of nitrogens with zero attached hydrogens (tertiary/aromatic N) is 3. The molecule has 1 heterocycles. The van der Waals surface area contributed by atoms with Crippen molar-refractivity contribution in [1.82, 2.24) is 9.59 Å². The molecule has 2 aromatic carbocycles. The molecular formula is C15H16N4S. The lowest BCUT2D eigenvalue weighted by Crippen LogP contribution is -2.23. The first-order valence-corrected chi connectivity index (χ1v) is 7.36. The van der Waals surface area contributed by atoms with Gasteiger partial charge in [0.1, 0.15) is 10.7 Å². The van der Waals surface area contributed by atoms with Crippen molar-refractivity contribution >= 4 is 33.0 Å². The number of nitrogens with two attached hydrogens (primary N) is 1. The Morgan fingerprint density at radius 3 is 2.70 bits per heavy atom. The molecule has 0 aliphatic rings. The number of rotatable bonds is 4. The summed E-state index contributed by atoms with van der Waals surface area (Å²) in [5.41, 5.74) is 7.96. The highest BCUT2D eigenvalue weighted by Gasteiger charge is 2.12. The molecule has 102 valence electrons. The molecule has 0 unspecified atom stereocenters. The molecule has 20 heavy (non-hydrogen) atoms. The number of aromatic nitrogens is 2. The SMILES string of the molecule is CCN(Cc1nnsc1N)c1cccc2ccccc12. The Hall–Kier alpha value is -2.14. The third-order valence-corrected chi connectivity index (χ3v) is 4.01. The van der Waals surface area contributed by atoms with Gasteiger partial charge in [-0.2, -0.15) is 0 Å². The standard InChI is InChI=1S/C15H16N4S/c1-2-19(10-13-15(16)20-18-17-13)14-9-5-7-11-6-3-4-8-12(11)14/h3-9H,2,10,16H2,1H3. The van der Waals surface area contributed by atoms with E-state index in [4.69, 9.17) is 5.73 Å². The topological polar surface area (TPSA) is 55.0 Å². The average molecular weight is 284 g/mol. The Morgan fingerprint density at radius 2 is 1.95 bits per heavy atom. The molecule has 0 bridgehead atoms. The third-order valence-electron chi connectivity index (χ3n) is 3.41. The molecular weight excluding hydrogens is 268 g/mol. The van der Waals surface area contributed by atoms with E-state index in [-0.39, 0.29) is 0 Å². The van der Waals surface area contributed by atoms with Crippen molar-refractivity contribution in [1.29, 1.82) is 0 Å². The van der Waals surface area contributed by atoms with Crippen LogP contribution in [-0.4, -0.2) is 16.1 Å². The highest BCUT2D eigenvalue weighted by Crippen LogP contribution is 2.28. The van der Waals surface area contributed by atoms with E-state index in [0.717, 1.165) is 12.2 Å². The minimum absolute atomic E-state index is 0.687. The van der Waals surface area contributed by atoms with Crippen LogP contribution in [0, 0.1) is 0 Å². The van der Waals surface area contributed by atoms with Gasteiger partial charge in [-0.05, 0) is 18.4 Å². The van der Waals surface area contributed by atoms with Gasteiger partial charge < -0.3 is 10.6 Å². The zero-order chi connectivity index (χ0) is 13.9. The van der Waals surface area contributed by atoms with Gasteiger partial charge in [-0.3, -0.25) is 0 Å². The summed E-state index contributed by atoms with van der Waals surface area (Å²) in [7, 11) is 0. The Labute approximate surface area is 122 Å². The van der Waals surface area contributed by atoms with E-state index in [2.05, 4.69) is 63.9 Å². The molecule has 3 rings (SSSR count). The van der Waals surface area contributed by atoms with E-state index in [1.54, 1.807) is 0 Å². The zero-order valence-corrected chi connectivity index (χ0v) is 12.1. The predicted molar refractivity (Wildman–Crippen MR) is 85.0 cm³/mol. The minimum atomic E-state index is 0.687. The van der Waals surface area contributed by atoms with E-state index in [1.807, 2.05) is 0 Å². The monoisotopic (exact) mass is 284 g/mol. The van der Waals surface area contributed by atoms with Crippen LogP contribution in [0.15, 0.2) is 42.5 Å². The zero-order valence-electron chi connectivity index (χ0n) is 11.3. The summed E-state index contributed by atoms with van der Waals surface area (Å²) >= 11 is 1.25. The molecule has 2 N–H and O–H groups in total. The molecule has 0 saturated heterocycles. The molecule has 0 aliphatic carbocycles. The number of hydrogen-bond acceptors (Lipinski definition) is 5. The molecule has 0 atom stereocenters. The molecule has 1 aromatic heterocycles. The summed E-state index contributed by atoms with van der Waals surface area (Å²) in [4.78, 5) is 2.27. The Kier molecular flexibility index (Phi) is 3.52. The van der Waals surface area contributed by atoms with Gasteiger partial charge in [-0.1, -0.05) is 40.9 Å². The lowest BCUT2D eigenvalue weighted by atomic mass is 10.1. The van der Waals surface area contributed by atoms with Crippen molar-refractivity contribution in [3.05, 3.63) is 48.2 Å². The van der Waals surface area contributed by atoms with Crippen LogP contribution < -0.4 is 10.6 Å². The van der Waals surface area contributed by atoms with Crippen molar-refractivity contribution in [2.45, 2.75) is 13.5 Å². The lowest BCUT2D eigenvalue weighted by molar-refractivity contribution is 0.809. The largest absolute Gasteiger partial charge is 0.388 e. The summed E-state index contributed by atoms with van der Waals surface area (Å²) in [6.07, 6.45) is 0. The summed E-state index contributed by atoms with van der Waals surface area (Å²) in [6.45, 7) is 3.72. The van der Waals surface area contributed by atoms with E-state index in [0.29, 0.717) is 11.5 Å². The molecule has 0 spiro atoms. The van der Waals surface area contributed by atoms with Gasteiger partial charge >= 0.3 is 0 Å². The van der Waals surface area contributed by atoms with Crippen LogP contribution in [0.4, 0.5) is 10.7 Å². The second kappa shape index (κ2) is 5.46. The molecule has 0 fully saturated rings. The van der Waals surface area contributed by atoms with Gasteiger partial charge in [0, 0.05) is 29.2 Å². The Morgan fingerprint density at radius 1 is 1.15 bits per heavy atom. The van der Waals surface area contributed by atoms with Crippen LogP contribution in [-0.2, 0) is 6.54 Å². The van der Waals surface area contributed by atoms with Crippen LogP contribution in [0.2, 0.25) is 0 Å². The summed E-state index contributed by atoms with van der Waals surface area (Å²) < 4.78 is 3.91. The van der Waals surface area contributed by atoms with Crippen molar-refractivity contribution in [3.63, 3.8) is 0 Å². The Bertz CT molecular complexity index is 717. The van der Waals surface area contributed by atoms with Gasteiger partial charge in [0.25, 0.3) is 0 Å². The maximum atomic E-state index is 5.90. The van der Waals surface area contributed by atoms with Crippen molar-refractivity contribution in [2.24, 2.45) is 0 Å². The van der Waals surface area contributed by atoms with E-state index in [1.165, 1.54) is 28.0 Å². The fourth-order valence-corrected chi connectivity index (χ4v) is 2.80. The average Bonchev–Trinajstić information content (AvgIpc) is 2.89. The smallest absolute Gasteiger partial charge is 0.132 e. The Balaban J connectivity index is 2.01. The number of fused-ring (bicyclic) bond motifs is 1. The molecule has 0 saturated carbocycles. The highest BCUT2D eigenvalue weighted by atomic mass is 32.1. The number of hydrogen-bond donors (Lipinski definition) is 1.